The zero-order chi connectivity index (χ0) is 17.9. The van der Waals surface area contributed by atoms with E-state index in [1.54, 1.807) is 24.3 Å². The van der Waals surface area contributed by atoms with Gasteiger partial charge in [-0.1, -0.05) is 48.5 Å². The fraction of sp³-hybridized carbons (Fsp3) is 0.300. The largest absolute Gasteiger partial charge is 0.396 e. The minimum absolute atomic E-state index is 0.0744. The molecule has 5 heteroatoms. The van der Waals surface area contributed by atoms with Crippen LogP contribution in [0.1, 0.15) is 35.2 Å². The van der Waals surface area contributed by atoms with Crippen molar-refractivity contribution in [3.05, 3.63) is 71.8 Å². The Bertz CT molecular complexity index is 659. The van der Waals surface area contributed by atoms with Gasteiger partial charge in [0.1, 0.15) is 6.04 Å². The normalized spacial score (nSPS) is 11.6. The summed E-state index contributed by atoms with van der Waals surface area (Å²) in [6, 6.07) is 17.8. The number of nitrogens with one attached hydrogen (secondary N) is 2. The fourth-order valence-electron chi connectivity index (χ4n) is 2.47. The Morgan fingerprint density at radius 1 is 0.920 bits per heavy atom. The van der Waals surface area contributed by atoms with E-state index >= 15 is 0 Å². The Morgan fingerprint density at radius 3 is 2.20 bits per heavy atom. The highest BCUT2D eigenvalue weighted by molar-refractivity contribution is 5.97. The molecule has 1 atom stereocenters. The van der Waals surface area contributed by atoms with Crippen molar-refractivity contribution in [2.75, 3.05) is 6.61 Å². The van der Waals surface area contributed by atoms with Gasteiger partial charge in [-0.2, -0.15) is 0 Å². The third kappa shape index (κ3) is 6.39. The first-order valence-electron chi connectivity index (χ1n) is 8.49. The molecule has 25 heavy (non-hydrogen) atoms. The summed E-state index contributed by atoms with van der Waals surface area (Å²) < 4.78 is 0. The lowest BCUT2D eigenvalue weighted by molar-refractivity contribution is -0.123. The van der Waals surface area contributed by atoms with Crippen molar-refractivity contribution >= 4 is 11.8 Å². The SMILES string of the molecule is O=C(N[C@@H](CCCCO)C(=O)NCc1ccccc1)c1ccccc1. The van der Waals surface area contributed by atoms with E-state index in [9.17, 15) is 9.59 Å². The molecule has 0 bridgehead atoms. The van der Waals surface area contributed by atoms with Crippen LogP contribution in [0.2, 0.25) is 0 Å². The Hall–Kier alpha value is -2.66. The van der Waals surface area contributed by atoms with Crippen molar-refractivity contribution in [2.45, 2.75) is 31.8 Å². The smallest absolute Gasteiger partial charge is 0.251 e. The van der Waals surface area contributed by atoms with Crippen molar-refractivity contribution in [3.8, 4) is 0 Å². The van der Waals surface area contributed by atoms with Gasteiger partial charge in [-0.3, -0.25) is 9.59 Å². The summed E-state index contributed by atoms with van der Waals surface area (Å²) in [6.07, 6.45) is 1.75. The van der Waals surface area contributed by atoms with Crippen LogP contribution in [-0.2, 0) is 11.3 Å². The highest BCUT2D eigenvalue weighted by atomic mass is 16.3. The van der Waals surface area contributed by atoms with Gasteiger partial charge in [0, 0.05) is 18.7 Å². The van der Waals surface area contributed by atoms with Gasteiger partial charge in [0.15, 0.2) is 0 Å². The molecule has 0 aliphatic rings. The summed E-state index contributed by atoms with van der Waals surface area (Å²) in [5.74, 6) is -0.490. The van der Waals surface area contributed by atoms with Crippen molar-refractivity contribution < 1.29 is 14.7 Å². The molecular weight excluding hydrogens is 316 g/mol. The molecule has 2 rings (SSSR count). The van der Waals surface area contributed by atoms with Crippen molar-refractivity contribution in [2.24, 2.45) is 0 Å². The average Bonchev–Trinajstić information content (AvgIpc) is 2.67. The van der Waals surface area contributed by atoms with Crippen LogP contribution in [0.4, 0.5) is 0 Å². The molecule has 0 aliphatic carbocycles. The standard InChI is InChI=1S/C20H24N2O3/c23-14-8-7-13-18(22-19(24)17-11-5-2-6-12-17)20(25)21-15-16-9-3-1-4-10-16/h1-6,9-12,18,23H,7-8,13-15H2,(H,21,25)(H,22,24)/t18-/m0/s1. The Kier molecular flexibility index (Phi) is 7.66. The molecule has 2 amide bonds. The summed E-state index contributed by atoms with van der Waals surface area (Å²) in [7, 11) is 0. The van der Waals surface area contributed by atoms with Crippen LogP contribution >= 0.6 is 0 Å². The molecule has 0 aliphatic heterocycles. The van der Waals surface area contributed by atoms with E-state index in [0.29, 0.717) is 31.4 Å². The van der Waals surface area contributed by atoms with E-state index < -0.39 is 6.04 Å². The predicted molar refractivity (Wildman–Crippen MR) is 96.9 cm³/mol. The molecule has 0 fully saturated rings. The number of amides is 2. The second kappa shape index (κ2) is 10.3. The fourth-order valence-corrected chi connectivity index (χ4v) is 2.47. The van der Waals surface area contributed by atoms with Crippen LogP contribution in [0, 0.1) is 0 Å². The minimum Gasteiger partial charge on any atom is -0.396 e. The van der Waals surface area contributed by atoms with Crippen LogP contribution in [0.5, 0.6) is 0 Å². The van der Waals surface area contributed by atoms with E-state index in [1.807, 2.05) is 36.4 Å². The van der Waals surface area contributed by atoms with Gasteiger partial charge in [0.05, 0.1) is 0 Å². The van der Waals surface area contributed by atoms with Crippen molar-refractivity contribution in [1.29, 1.82) is 0 Å². The van der Waals surface area contributed by atoms with Crippen molar-refractivity contribution in [1.82, 2.24) is 10.6 Å². The van der Waals surface area contributed by atoms with Gasteiger partial charge >= 0.3 is 0 Å². The second-order valence-electron chi connectivity index (χ2n) is 5.81. The number of hydrogen-bond donors (Lipinski definition) is 3. The van der Waals surface area contributed by atoms with E-state index in [-0.39, 0.29) is 18.4 Å². The number of benzene rings is 2. The number of unbranched alkanes of at least 4 members (excludes halogenated alkanes) is 1. The molecule has 0 saturated heterocycles. The summed E-state index contributed by atoms with van der Waals surface area (Å²) in [5.41, 5.74) is 1.52. The summed E-state index contributed by atoms with van der Waals surface area (Å²) in [6.45, 7) is 0.488. The molecule has 0 spiro atoms. The zero-order valence-corrected chi connectivity index (χ0v) is 14.2. The first-order chi connectivity index (χ1) is 12.2. The number of aliphatic hydroxyl groups is 1. The molecule has 0 radical (unpaired) electrons. The topological polar surface area (TPSA) is 78.4 Å². The van der Waals surface area contributed by atoms with Gasteiger partial charge in [0.2, 0.25) is 5.91 Å². The summed E-state index contributed by atoms with van der Waals surface area (Å²) in [4.78, 5) is 24.8. The number of aliphatic hydroxyl groups excluding tert-OH is 1. The van der Waals surface area contributed by atoms with Crippen LogP contribution < -0.4 is 10.6 Å². The maximum Gasteiger partial charge on any atom is 0.251 e. The summed E-state index contributed by atoms with van der Waals surface area (Å²) >= 11 is 0. The van der Waals surface area contributed by atoms with Gasteiger partial charge in [-0.25, -0.2) is 0 Å². The first-order valence-corrected chi connectivity index (χ1v) is 8.49. The van der Waals surface area contributed by atoms with E-state index in [1.165, 1.54) is 0 Å². The average molecular weight is 340 g/mol. The Balaban J connectivity index is 1.96. The molecule has 3 N–H and O–H groups in total. The lowest BCUT2D eigenvalue weighted by atomic mass is 10.1. The van der Waals surface area contributed by atoms with Crippen LogP contribution in [0.15, 0.2) is 60.7 Å². The maximum atomic E-state index is 12.5. The second-order valence-corrected chi connectivity index (χ2v) is 5.81. The highest BCUT2D eigenvalue weighted by Gasteiger charge is 2.20. The molecule has 5 nitrogen and oxygen atoms in total. The molecule has 0 saturated carbocycles. The Morgan fingerprint density at radius 2 is 1.56 bits per heavy atom. The van der Waals surface area contributed by atoms with Crippen LogP contribution in [-0.4, -0.2) is 29.6 Å². The number of carbonyl (C=O) groups is 2. The predicted octanol–water partition coefficient (Wildman–Crippen LogP) is 2.26. The molecular formula is C20H24N2O3. The number of rotatable bonds is 9. The number of carbonyl (C=O) groups excluding carboxylic acids is 2. The van der Waals surface area contributed by atoms with E-state index in [4.69, 9.17) is 5.11 Å². The third-order valence-corrected chi connectivity index (χ3v) is 3.87. The van der Waals surface area contributed by atoms with E-state index in [2.05, 4.69) is 10.6 Å². The monoisotopic (exact) mass is 340 g/mol. The quantitative estimate of drug-likeness (QED) is 0.613. The highest BCUT2D eigenvalue weighted by Crippen LogP contribution is 2.05. The zero-order valence-electron chi connectivity index (χ0n) is 14.2. The summed E-state index contributed by atoms with van der Waals surface area (Å²) in [5, 5.41) is 14.6. The number of hydrogen-bond acceptors (Lipinski definition) is 3. The first kappa shape index (κ1) is 18.7. The van der Waals surface area contributed by atoms with E-state index in [0.717, 1.165) is 5.56 Å². The molecule has 0 aromatic heterocycles. The molecule has 0 heterocycles. The molecule has 132 valence electrons. The molecule has 2 aromatic carbocycles. The lowest BCUT2D eigenvalue weighted by Crippen LogP contribution is -2.46. The van der Waals surface area contributed by atoms with Gasteiger partial charge in [-0.15, -0.1) is 0 Å². The minimum atomic E-state index is -0.622. The van der Waals surface area contributed by atoms with Crippen molar-refractivity contribution in [3.63, 3.8) is 0 Å². The van der Waals surface area contributed by atoms with Crippen LogP contribution in [0.3, 0.4) is 0 Å². The van der Waals surface area contributed by atoms with Crippen LogP contribution in [0.25, 0.3) is 0 Å². The lowest BCUT2D eigenvalue weighted by Gasteiger charge is -2.18. The Labute approximate surface area is 148 Å². The third-order valence-electron chi connectivity index (χ3n) is 3.87. The van der Waals surface area contributed by atoms with Gasteiger partial charge in [-0.05, 0) is 37.0 Å². The molecule has 0 unspecified atom stereocenters. The van der Waals surface area contributed by atoms with Gasteiger partial charge in [0.25, 0.3) is 5.91 Å². The maximum absolute atomic E-state index is 12.5. The molecule has 2 aromatic rings. The van der Waals surface area contributed by atoms with Gasteiger partial charge < -0.3 is 15.7 Å².